The number of rotatable bonds is 4. The van der Waals surface area contributed by atoms with Crippen molar-refractivity contribution in [1.29, 1.82) is 0 Å². The first-order valence-electron chi connectivity index (χ1n) is 5.03. The van der Waals surface area contributed by atoms with E-state index in [1.54, 1.807) is 18.4 Å². The smallest absolute Gasteiger partial charge is 0.131 e. The monoisotopic (exact) mass is 361 g/mol. The van der Waals surface area contributed by atoms with Crippen molar-refractivity contribution in [3.8, 4) is 0 Å². The zero-order valence-corrected chi connectivity index (χ0v) is 12.0. The lowest BCUT2D eigenvalue weighted by molar-refractivity contribution is 0.477. The molecule has 2 aromatic rings. The average molecular weight is 363 g/mol. The van der Waals surface area contributed by atoms with Crippen LogP contribution >= 0.6 is 31.9 Å². The quantitative estimate of drug-likeness (QED) is 0.880. The molecule has 0 saturated heterocycles. The van der Waals surface area contributed by atoms with Crippen molar-refractivity contribution in [3.05, 3.63) is 56.6 Å². The normalized spacial score (nSPS) is 10.8. The topological polar surface area (TPSA) is 25.2 Å². The molecule has 0 aliphatic rings. The molecule has 0 aliphatic heterocycles. The summed E-state index contributed by atoms with van der Waals surface area (Å²) >= 11 is 6.68. The zero-order chi connectivity index (χ0) is 12.3. The molecule has 17 heavy (non-hydrogen) atoms. The second-order valence-electron chi connectivity index (χ2n) is 3.53. The van der Waals surface area contributed by atoms with E-state index in [-0.39, 0.29) is 5.82 Å². The first-order valence-corrected chi connectivity index (χ1v) is 6.62. The van der Waals surface area contributed by atoms with E-state index in [0.29, 0.717) is 18.7 Å². The number of nitrogens with one attached hydrogen (secondary N) is 1. The van der Waals surface area contributed by atoms with Gasteiger partial charge in [0.1, 0.15) is 11.6 Å². The molecular weight excluding hydrogens is 353 g/mol. The lowest BCUT2D eigenvalue weighted by Gasteiger charge is -2.05. The van der Waals surface area contributed by atoms with Crippen LogP contribution in [0.15, 0.2) is 43.9 Å². The van der Waals surface area contributed by atoms with Gasteiger partial charge in [0.25, 0.3) is 0 Å². The molecule has 0 bridgehead atoms. The molecule has 5 heteroatoms. The summed E-state index contributed by atoms with van der Waals surface area (Å²) in [5.41, 5.74) is 0.627. The summed E-state index contributed by atoms with van der Waals surface area (Å²) in [5.74, 6) is 0.597. The van der Waals surface area contributed by atoms with E-state index in [0.717, 1.165) is 14.7 Å². The van der Waals surface area contributed by atoms with Gasteiger partial charge in [0.2, 0.25) is 0 Å². The van der Waals surface area contributed by atoms with Crippen LogP contribution in [0.5, 0.6) is 0 Å². The summed E-state index contributed by atoms with van der Waals surface area (Å²) in [6, 6.07) is 6.72. The summed E-state index contributed by atoms with van der Waals surface area (Å²) in [6.45, 7) is 1.01. The maximum Gasteiger partial charge on any atom is 0.131 e. The van der Waals surface area contributed by atoms with Gasteiger partial charge in [-0.25, -0.2) is 4.39 Å². The summed E-state index contributed by atoms with van der Waals surface area (Å²) in [5, 5.41) is 3.13. The Kier molecular flexibility index (Phi) is 4.36. The van der Waals surface area contributed by atoms with Crippen molar-refractivity contribution in [2.75, 3.05) is 0 Å². The maximum absolute atomic E-state index is 13.4. The van der Waals surface area contributed by atoms with Crippen LogP contribution in [-0.4, -0.2) is 0 Å². The van der Waals surface area contributed by atoms with Crippen LogP contribution in [0.1, 0.15) is 11.3 Å². The van der Waals surface area contributed by atoms with Gasteiger partial charge in [0.15, 0.2) is 0 Å². The van der Waals surface area contributed by atoms with E-state index in [1.807, 2.05) is 6.07 Å². The van der Waals surface area contributed by atoms with Gasteiger partial charge in [-0.2, -0.15) is 0 Å². The third-order valence-electron chi connectivity index (χ3n) is 2.30. The largest absolute Gasteiger partial charge is 0.467 e. The second kappa shape index (κ2) is 5.80. The SMILES string of the molecule is Fc1ccc(Br)cc1CNCc1occc1Br. The highest BCUT2D eigenvalue weighted by molar-refractivity contribution is 9.10. The molecule has 0 unspecified atom stereocenters. The Bertz CT molecular complexity index is 513. The van der Waals surface area contributed by atoms with Gasteiger partial charge in [-0.3, -0.25) is 0 Å². The summed E-state index contributed by atoms with van der Waals surface area (Å²) < 4.78 is 20.5. The van der Waals surface area contributed by atoms with Crippen LogP contribution < -0.4 is 5.32 Å². The number of benzene rings is 1. The third-order valence-corrected chi connectivity index (χ3v) is 3.50. The molecule has 2 nitrogen and oxygen atoms in total. The minimum absolute atomic E-state index is 0.209. The Morgan fingerprint density at radius 3 is 2.71 bits per heavy atom. The molecule has 1 aromatic heterocycles. The Hall–Kier alpha value is -0.650. The van der Waals surface area contributed by atoms with Crippen LogP contribution in [0.3, 0.4) is 0 Å². The highest BCUT2D eigenvalue weighted by Gasteiger charge is 2.05. The molecule has 1 N–H and O–H groups in total. The fourth-order valence-corrected chi connectivity index (χ4v) is 2.19. The molecule has 0 radical (unpaired) electrons. The molecule has 1 aromatic carbocycles. The standard InChI is InChI=1S/C12H10Br2FNO/c13-9-1-2-11(15)8(5-9)6-16-7-12-10(14)3-4-17-12/h1-5,16H,6-7H2. The Morgan fingerprint density at radius 1 is 1.18 bits per heavy atom. The van der Waals surface area contributed by atoms with Gasteiger partial charge in [-0.15, -0.1) is 0 Å². The molecular formula is C12H10Br2FNO. The van der Waals surface area contributed by atoms with Gasteiger partial charge < -0.3 is 9.73 Å². The minimum atomic E-state index is -0.209. The summed E-state index contributed by atoms with van der Waals surface area (Å²) in [6.07, 6.45) is 1.61. The van der Waals surface area contributed by atoms with Gasteiger partial charge >= 0.3 is 0 Å². The molecule has 90 valence electrons. The third kappa shape index (κ3) is 3.40. The number of hydrogen-bond donors (Lipinski definition) is 1. The van der Waals surface area contributed by atoms with E-state index in [2.05, 4.69) is 37.2 Å². The van der Waals surface area contributed by atoms with Crippen molar-refractivity contribution in [1.82, 2.24) is 5.32 Å². The fourth-order valence-electron chi connectivity index (χ4n) is 1.44. The van der Waals surface area contributed by atoms with Gasteiger partial charge in [-0.1, -0.05) is 15.9 Å². The van der Waals surface area contributed by atoms with Crippen LogP contribution in [0.4, 0.5) is 4.39 Å². The molecule has 0 amide bonds. The van der Waals surface area contributed by atoms with Crippen LogP contribution in [0.25, 0.3) is 0 Å². The van der Waals surface area contributed by atoms with Gasteiger partial charge in [0, 0.05) is 16.6 Å². The number of hydrogen-bond acceptors (Lipinski definition) is 2. The van der Waals surface area contributed by atoms with E-state index in [4.69, 9.17) is 4.42 Å². The highest BCUT2D eigenvalue weighted by atomic mass is 79.9. The van der Waals surface area contributed by atoms with Gasteiger partial charge in [0.05, 0.1) is 17.3 Å². The fraction of sp³-hybridized carbons (Fsp3) is 0.167. The van der Waals surface area contributed by atoms with Crippen molar-refractivity contribution in [3.63, 3.8) is 0 Å². The predicted octanol–water partition coefficient (Wildman–Crippen LogP) is 4.23. The molecule has 0 spiro atoms. The van der Waals surface area contributed by atoms with Crippen molar-refractivity contribution >= 4 is 31.9 Å². The molecule has 0 saturated carbocycles. The van der Waals surface area contributed by atoms with Crippen molar-refractivity contribution in [2.45, 2.75) is 13.1 Å². The Labute approximate surface area is 115 Å². The van der Waals surface area contributed by atoms with Crippen molar-refractivity contribution in [2.24, 2.45) is 0 Å². The number of halogens is 3. The van der Waals surface area contributed by atoms with Crippen LogP contribution in [0, 0.1) is 5.82 Å². The first-order chi connectivity index (χ1) is 8.16. The van der Waals surface area contributed by atoms with Crippen LogP contribution in [0.2, 0.25) is 0 Å². The van der Waals surface area contributed by atoms with E-state index < -0.39 is 0 Å². The molecule has 1 heterocycles. The highest BCUT2D eigenvalue weighted by Crippen LogP contribution is 2.18. The predicted molar refractivity (Wildman–Crippen MR) is 71.1 cm³/mol. The Morgan fingerprint density at radius 2 is 2.00 bits per heavy atom. The minimum Gasteiger partial charge on any atom is -0.467 e. The lowest BCUT2D eigenvalue weighted by atomic mass is 10.2. The molecule has 0 fully saturated rings. The summed E-state index contributed by atoms with van der Waals surface area (Å²) in [4.78, 5) is 0. The van der Waals surface area contributed by atoms with Crippen LogP contribution in [-0.2, 0) is 13.1 Å². The molecule has 0 aliphatic carbocycles. The Balaban J connectivity index is 1.94. The average Bonchev–Trinajstić information content (AvgIpc) is 2.70. The maximum atomic E-state index is 13.4. The summed E-state index contributed by atoms with van der Waals surface area (Å²) in [7, 11) is 0. The molecule has 0 atom stereocenters. The van der Waals surface area contributed by atoms with E-state index in [9.17, 15) is 4.39 Å². The van der Waals surface area contributed by atoms with E-state index >= 15 is 0 Å². The van der Waals surface area contributed by atoms with E-state index in [1.165, 1.54) is 6.07 Å². The number of furan rings is 1. The van der Waals surface area contributed by atoms with Gasteiger partial charge in [-0.05, 0) is 40.2 Å². The molecule has 2 rings (SSSR count). The van der Waals surface area contributed by atoms with Crippen molar-refractivity contribution < 1.29 is 8.81 Å². The first kappa shape index (κ1) is 12.8. The lowest BCUT2D eigenvalue weighted by Crippen LogP contribution is -2.13. The second-order valence-corrected chi connectivity index (χ2v) is 5.30. The zero-order valence-electron chi connectivity index (χ0n) is 8.84.